The number of hydrogen-bond donors (Lipinski definition) is 1. The average molecular weight is 193 g/mol. The van der Waals surface area contributed by atoms with Gasteiger partial charge in [-0.15, -0.1) is 11.8 Å². The van der Waals surface area contributed by atoms with Crippen molar-refractivity contribution in [2.24, 2.45) is 11.1 Å². The Labute approximate surface area is 83.7 Å². The van der Waals surface area contributed by atoms with Crippen LogP contribution in [0.1, 0.15) is 12.8 Å². The lowest BCUT2D eigenvalue weighted by Crippen LogP contribution is -2.17. The van der Waals surface area contributed by atoms with E-state index in [9.17, 15) is 0 Å². The van der Waals surface area contributed by atoms with Crippen LogP contribution in [0.15, 0.2) is 35.2 Å². The van der Waals surface area contributed by atoms with E-state index in [-0.39, 0.29) is 0 Å². The highest BCUT2D eigenvalue weighted by molar-refractivity contribution is 7.99. The minimum Gasteiger partial charge on any atom is -0.330 e. The molecule has 1 aliphatic rings. The standard InChI is InChI=1S/C11H15NS/c12-8-11(6-7-11)9-13-10-4-2-1-3-5-10/h1-5H,6-9,12H2. The highest BCUT2D eigenvalue weighted by atomic mass is 32.2. The van der Waals surface area contributed by atoms with Crippen molar-refractivity contribution in [2.45, 2.75) is 17.7 Å². The van der Waals surface area contributed by atoms with Gasteiger partial charge < -0.3 is 5.73 Å². The summed E-state index contributed by atoms with van der Waals surface area (Å²) in [5.74, 6) is 1.19. The largest absolute Gasteiger partial charge is 0.330 e. The molecule has 1 saturated carbocycles. The Balaban J connectivity index is 1.86. The Bertz CT molecular complexity index is 267. The average Bonchev–Trinajstić information content (AvgIpc) is 2.97. The smallest absolute Gasteiger partial charge is 0.00721 e. The summed E-state index contributed by atoms with van der Waals surface area (Å²) >= 11 is 1.93. The van der Waals surface area contributed by atoms with Gasteiger partial charge in [0.1, 0.15) is 0 Å². The SMILES string of the molecule is NCC1(CSc2ccccc2)CC1. The third kappa shape index (κ3) is 2.26. The first kappa shape index (κ1) is 9.10. The summed E-state index contributed by atoms with van der Waals surface area (Å²) in [5.41, 5.74) is 6.21. The zero-order valence-corrected chi connectivity index (χ0v) is 8.52. The molecule has 70 valence electrons. The minimum atomic E-state index is 0.487. The van der Waals surface area contributed by atoms with E-state index in [2.05, 4.69) is 30.3 Å². The van der Waals surface area contributed by atoms with Crippen molar-refractivity contribution in [3.8, 4) is 0 Å². The van der Waals surface area contributed by atoms with Crippen LogP contribution in [0.25, 0.3) is 0 Å². The molecule has 0 aliphatic heterocycles. The molecule has 2 rings (SSSR count). The molecule has 0 atom stereocenters. The normalized spacial score (nSPS) is 18.5. The topological polar surface area (TPSA) is 26.0 Å². The molecule has 0 aromatic heterocycles. The number of rotatable bonds is 4. The molecule has 13 heavy (non-hydrogen) atoms. The summed E-state index contributed by atoms with van der Waals surface area (Å²) in [4.78, 5) is 1.36. The number of benzene rings is 1. The molecule has 0 unspecified atom stereocenters. The van der Waals surface area contributed by atoms with E-state index in [4.69, 9.17) is 5.73 Å². The van der Waals surface area contributed by atoms with Gasteiger partial charge in [0.15, 0.2) is 0 Å². The van der Waals surface area contributed by atoms with Crippen LogP contribution >= 0.6 is 11.8 Å². The van der Waals surface area contributed by atoms with Crippen LogP contribution in [0.4, 0.5) is 0 Å². The van der Waals surface area contributed by atoms with E-state index in [0.29, 0.717) is 5.41 Å². The Morgan fingerprint density at radius 3 is 2.46 bits per heavy atom. The third-order valence-electron chi connectivity index (χ3n) is 2.68. The van der Waals surface area contributed by atoms with Crippen molar-refractivity contribution < 1.29 is 0 Å². The van der Waals surface area contributed by atoms with Crippen LogP contribution in [-0.2, 0) is 0 Å². The highest BCUT2D eigenvalue weighted by Gasteiger charge is 2.40. The van der Waals surface area contributed by atoms with Crippen LogP contribution in [0, 0.1) is 5.41 Å². The van der Waals surface area contributed by atoms with Gasteiger partial charge in [-0.1, -0.05) is 18.2 Å². The fraction of sp³-hybridized carbons (Fsp3) is 0.455. The monoisotopic (exact) mass is 193 g/mol. The lowest BCUT2D eigenvalue weighted by molar-refractivity contribution is 0.600. The number of hydrogen-bond acceptors (Lipinski definition) is 2. The molecule has 0 radical (unpaired) electrons. The van der Waals surface area contributed by atoms with Gasteiger partial charge in [0, 0.05) is 10.6 Å². The molecule has 1 nitrogen and oxygen atoms in total. The quantitative estimate of drug-likeness (QED) is 0.744. The molecule has 0 bridgehead atoms. The van der Waals surface area contributed by atoms with Crippen molar-refractivity contribution in [2.75, 3.05) is 12.3 Å². The van der Waals surface area contributed by atoms with E-state index in [1.54, 1.807) is 0 Å². The van der Waals surface area contributed by atoms with Gasteiger partial charge in [-0.05, 0) is 36.9 Å². The van der Waals surface area contributed by atoms with Gasteiger partial charge in [-0.25, -0.2) is 0 Å². The second-order valence-corrected chi connectivity index (χ2v) is 4.85. The maximum absolute atomic E-state index is 5.72. The second-order valence-electron chi connectivity index (χ2n) is 3.81. The molecule has 2 heteroatoms. The maximum atomic E-state index is 5.72. The molecule has 0 heterocycles. The molecule has 2 N–H and O–H groups in total. The fourth-order valence-corrected chi connectivity index (χ4v) is 2.57. The molecular weight excluding hydrogens is 178 g/mol. The summed E-state index contributed by atoms with van der Waals surface area (Å²) < 4.78 is 0. The van der Waals surface area contributed by atoms with Crippen LogP contribution in [-0.4, -0.2) is 12.3 Å². The van der Waals surface area contributed by atoms with Crippen LogP contribution in [0.5, 0.6) is 0 Å². The first-order valence-corrected chi connectivity index (χ1v) is 5.71. The zero-order chi connectivity index (χ0) is 9.15. The zero-order valence-electron chi connectivity index (χ0n) is 7.70. The van der Waals surface area contributed by atoms with E-state index >= 15 is 0 Å². The number of nitrogens with two attached hydrogens (primary N) is 1. The van der Waals surface area contributed by atoms with Crippen molar-refractivity contribution in [3.63, 3.8) is 0 Å². The molecule has 0 saturated heterocycles. The molecule has 0 amide bonds. The minimum absolute atomic E-state index is 0.487. The highest BCUT2D eigenvalue weighted by Crippen LogP contribution is 2.48. The maximum Gasteiger partial charge on any atom is 0.00721 e. The van der Waals surface area contributed by atoms with Crippen molar-refractivity contribution in [3.05, 3.63) is 30.3 Å². The van der Waals surface area contributed by atoms with Crippen molar-refractivity contribution in [1.82, 2.24) is 0 Å². The van der Waals surface area contributed by atoms with E-state index in [0.717, 1.165) is 6.54 Å². The lowest BCUT2D eigenvalue weighted by atomic mass is 10.1. The first-order chi connectivity index (χ1) is 6.35. The van der Waals surface area contributed by atoms with E-state index in [1.807, 2.05) is 11.8 Å². The molecule has 1 aromatic rings. The third-order valence-corrected chi connectivity index (χ3v) is 4.04. The van der Waals surface area contributed by atoms with Gasteiger partial charge in [-0.2, -0.15) is 0 Å². The second kappa shape index (κ2) is 3.72. The summed E-state index contributed by atoms with van der Waals surface area (Å²) in [5, 5.41) is 0. The summed E-state index contributed by atoms with van der Waals surface area (Å²) in [6.07, 6.45) is 2.65. The van der Waals surface area contributed by atoms with E-state index < -0.39 is 0 Å². The summed E-state index contributed by atoms with van der Waals surface area (Å²) in [6, 6.07) is 10.6. The Morgan fingerprint density at radius 1 is 1.23 bits per heavy atom. The first-order valence-electron chi connectivity index (χ1n) is 4.73. The van der Waals surface area contributed by atoms with Gasteiger partial charge in [0.05, 0.1) is 0 Å². The number of thioether (sulfide) groups is 1. The molecule has 1 aliphatic carbocycles. The van der Waals surface area contributed by atoms with Gasteiger partial charge >= 0.3 is 0 Å². The van der Waals surface area contributed by atoms with Crippen LogP contribution in [0.3, 0.4) is 0 Å². The Kier molecular flexibility index (Phi) is 2.61. The van der Waals surface area contributed by atoms with Crippen LogP contribution in [0.2, 0.25) is 0 Å². The van der Waals surface area contributed by atoms with Gasteiger partial charge in [-0.3, -0.25) is 0 Å². The Morgan fingerprint density at radius 2 is 1.92 bits per heavy atom. The van der Waals surface area contributed by atoms with Crippen molar-refractivity contribution >= 4 is 11.8 Å². The lowest BCUT2D eigenvalue weighted by Gasteiger charge is -2.10. The molecular formula is C11H15NS. The molecule has 1 fully saturated rings. The predicted octanol–water partition coefficient (Wildman–Crippen LogP) is 2.52. The molecule has 1 aromatic carbocycles. The van der Waals surface area contributed by atoms with Crippen molar-refractivity contribution in [1.29, 1.82) is 0 Å². The van der Waals surface area contributed by atoms with E-state index in [1.165, 1.54) is 23.5 Å². The predicted molar refractivity (Wildman–Crippen MR) is 57.9 cm³/mol. The fourth-order valence-electron chi connectivity index (χ4n) is 1.34. The molecule has 0 spiro atoms. The summed E-state index contributed by atoms with van der Waals surface area (Å²) in [6.45, 7) is 0.854. The summed E-state index contributed by atoms with van der Waals surface area (Å²) in [7, 11) is 0. The van der Waals surface area contributed by atoms with Gasteiger partial charge in [0.25, 0.3) is 0 Å². The Hall–Kier alpha value is -0.470. The van der Waals surface area contributed by atoms with Crippen LogP contribution < -0.4 is 5.73 Å². The van der Waals surface area contributed by atoms with Gasteiger partial charge in [0.2, 0.25) is 0 Å².